The molecule has 3 heteroatoms. The van der Waals surface area contributed by atoms with Crippen LogP contribution < -0.4 is 10.9 Å². The fraction of sp³-hybridized carbons (Fsp3) is 0.512. The molecule has 4 aliphatic rings. The van der Waals surface area contributed by atoms with Crippen LogP contribution >= 0.6 is 0 Å². The summed E-state index contributed by atoms with van der Waals surface area (Å²) in [4.78, 5) is 12.3. The third-order valence-electron chi connectivity index (χ3n) is 10.9. The fourth-order valence-corrected chi connectivity index (χ4v) is 8.66. The minimum atomic E-state index is 0.324. The van der Waals surface area contributed by atoms with E-state index < -0.39 is 0 Å². The maximum atomic E-state index is 12.3. The highest BCUT2D eigenvalue weighted by Gasteiger charge is 2.56. The maximum absolute atomic E-state index is 12.3. The molecule has 2 fully saturated rings. The lowest BCUT2D eigenvalue weighted by atomic mass is 9.51. The number of hydrogen-bond acceptors (Lipinski definition) is 3. The van der Waals surface area contributed by atoms with Gasteiger partial charge in [0.1, 0.15) is 0 Å². The summed E-state index contributed by atoms with van der Waals surface area (Å²) >= 11 is 0. The summed E-state index contributed by atoms with van der Waals surface area (Å²) in [6.07, 6.45) is 15.6. The number of carbonyl (C=O) groups is 1. The van der Waals surface area contributed by atoms with Crippen LogP contribution in [-0.2, 0) is 4.79 Å². The van der Waals surface area contributed by atoms with E-state index in [0.717, 1.165) is 42.3 Å². The molecule has 0 aliphatic heterocycles. The number of hydrogen-bond donors (Lipinski definition) is 2. The van der Waals surface area contributed by atoms with Gasteiger partial charge in [-0.05, 0) is 122 Å². The highest BCUT2D eigenvalue weighted by molar-refractivity contribution is 5.93. The van der Waals surface area contributed by atoms with Crippen molar-refractivity contribution in [3.05, 3.63) is 101 Å². The summed E-state index contributed by atoms with van der Waals surface area (Å²) in [5.74, 6) is 9.69. The van der Waals surface area contributed by atoms with Crippen molar-refractivity contribution in [3.63, 3.8) is 0 Å². The predicted molar refractivity (Wildman–Crippen MR) is 197 cm³/mol. The minimum Gasteiger partial charge on any atom is -0.321 e. The van der Waals surface area contributed by atoms with Crippen molar-refractivity contribution < 1.29 is 4.79 Å². The van der Waals surface area contributed by atoms with Gasteiger partial charge in [-0.2, -0.15) is 0 Å². The van der Waals surface area contributed by atoms with Crippen molar-refractivity contribution in [2.75, 3.05) is 12.0 Å². The molecule has 5 unspecified atom stereocenters. The molecule has 2 N–H and O–H groups in total. The van der Waals surface area contributed by atoms with Gasteiger partial charge in [0.25, 0.3) is 0 Å². The van der Waals surface area contributed by atoms with E-state index in [9.17, 15) is 4.79 Å². The van der Waals surface area contributed by atoms with Gasteiger partial charge in [0.15, 0.2) is 5.78 Å². The minimum absolute atomic E-state index is 0.324. The van der Waals surface area contributed by atoms with Gasteiger partial charge in [-0.15, -0.1) is 6.58 Å². The van der Waals surface area contributed by atoms with Gasteiger partial charge >= 0.3 is 0 Å². The summed E-state index contributed by atoms with van der Waals surface area (Å²) in [5.41, 5.74) is 16.2. The van der Waals surface area contributed by atoms with Crippen LogP contribution in [0.3, 0.4) is 0 Å². The number of nitrogens with one attached hydrogen (secondary N) is 2. The average Bonchev–Trinajstić information content (AvgIpc) is 3.41. The first-order chi connectivity index (χ1) is 22.4. The lowest BCUT2D eigenvalue weighted by molar-refractivity contribution is -0.114. The second-order valence-corrected chi connectivity index (χ2v) is 13.6. The van der Waals surface area contributed by atoms with Crippen LogP contribution in [0, 0.1) is 41.9 Å². The van der Waals surface area contributed by atoms with E-state index in [1.54, 1.807) is 11.1 Å². The van der Waals surface area contributed by atoms with Crippen LogP contribution in [-0.4, -0.2) is 12.3 Å². The van der Waals surface area contributed by atoms with Gasteiger partial charge in [-0.25, -0.2) is 5.43 Å². The topological polar surface area (TPSA) is 41.1 Å². The molecule has 2 aromatic carbocycles. The van der Waals surface area contributed by atoms with Crippen LogP contribution in [0.15, 0.2) is 84.0 Å². The molecule has 3 nitrogen and oxygen atoms in total. The number of ketones is 1. The summed E-state index contributed by atoms with van der Waals surface area (Å²) < 4.78 is 0. The van der Waals surface area contributed by atoms with Gasteiger partial charge in [0.05, 0.1) is 6.54 Å². The van der Waals surface area contributed by atoms with Crippen molar-refractivity contribution in [2.24, 2.45) is 23.2 Å². The number of anilines is 1. The van der Waals surface area contributed by atoms with Gasteiger partial charge in [0, 0.05) is 23.6 Å². The summed E-state index contributed by atoms with van der Waals surface area (Å²) in [5, 5.41) is 0. The van der Waals surface area contributed by atoms with E-state index >= 15 is 0 Å². The average molecular weight is 619 g/mol. The highest BCUT2D eigenvalue weighted by atomic mass is 16.1. The molecule has 0 spiro atoms. The Labute approximate surface area is 280 Å². The Hall–Kier alpha value is -3.35. The standard InChI is InChI=1S/C37H44N2O.C4H8.C2H6/c1-4-6-29-15-21-35-33-19-14-28-23-31(40)18-20-32(28)36(33)34(24-37(29,35)3)27-12-10-26(11-13-27)7-5-22-38-39-30-16-8-25(2)9-17-30;1-3-4-2;1-2/h8-13,16-17,23,29,33-35,38-39H,4,6,14-15,18-22,24H2,1-3H3;3H,1,4H2,2H3;1-2H3. The first-order valence-electron chi connectivity index (χ1n) is 18.1. The first kappa shape index (κ1) is 35.5. The van der Waals surface area contributed by atoms with Gasteiger partial charge < -0.3 is 5.43 Å². The van der Waals surface area contributed by atoms with Gasteiger partial charge in [-0.1, -0.05) is 101 Å². The quantitative estimate of drug-likeness (QED) is 0.140. The second kappa shape index (κ2) is 17.0. The van der Waals surface area contributed by atoms with Gasteiger partial charge in [-0.3, -0.25) is 4.79 Å². The molecule has 2 saturated carbocycles. The van der Waals surface area contributed by atoms with Gasteiger partial charge in [0.2, 0.25) is 0 Å². The third-order valence-corrected chi connectivity index (χ3v) is 10.9. The maximum Gasteiger partial charge on any atom is 0.156 e. The molecule has 6 rings (SSSR count). The summed E-state index contributed by atoms with van der Waals surface area (Å²) in [6, 6.07) is 17.4. The molecular weight excluding hydrogens is 560 g/mol. The lowest BCUT2D eigenvalue weighted by Gasteiger charge is -2.53. The van der Waals surface area contributed by atoms with Crippen LogP contribution in [0.25, 0.3) is 0 Å². The molecule has 4 aliphatic carbocycles. The Balaban J connectivity index is 0.000000744. The number of allylic oxidation sites excluding steroid dienone is 5. The molecule has 246 valence electrons. The van der Waals surface area contributed by atoms with Crippen molar-refractivity contribution >= 4 is 11.5 Å². The largest absolute Gasteiger partial charge is 0.321 e. The van der Waals surface area contributed by atoms with Crippen molar-refractivity contribution in [1.29, 1.82) is 0 Å². The number of benzene rings is 2. The number of fused-ring (bicyclic) bond motifs is 4. The van der Waals surface area contributed by atoms with Crippen LogP contribution in [0.4, 0.5) is 5.69 Å². The van der Waals surface area contributed by atoms with Crippen molar-refractivity contribution in [3.8, 4) is 11.8 Å². The van der Waals surface area contributed by atoms with E-state index in [2.05, 4.69) is 105 Å². The molecule has 2 aromatic rings. The molecule has 5 atom stereocenters. The Morgan fingerprint density at radius 1 is 0.978 bits per heavy atom. The zero-order valence-electron chi connectivity index (χ0n) is 29.5. The second-order valence-electron chi connectivity index (χ2n) is 13.6. The van der Waals surface area contributed by atoms with E-state index in [4.69, 9.17) is 0 Å². The fourth-order valence-electron chi connectivity index (χ4n) is 8.66. The lowest BCUT2D eigenvalue weighted by Crippen LogP contribution is -2.43. The summed E-state index contributed by atoms with van der Waals surface area (Å²) in [6.45, 7) is 17.2. The first-order valence-corrected chi connectivity index (χ1v) is 18.1. The number of carbonyl (C=O) groups excluding carboxylic acids is 1. The molecule has 0 aromatic heterocycles. The zero-order chi connectivity index (χ0) is 33.1. The Kier molecular flexibility index (Phi) is 13.1. The molecule has 0 heterocycles. The number of hydrazine groups is 1. The van der Waals surface area contributed by atoms with E-state index in [1.807, 2.05) is 26.0 Å². The molecule has 0 amide bonds. The summed E-state index contributed by atoms with van der Waals surface area (Å²) in [7, 11) is 0. The van der Waals surface area contributed by atoms with Crippen molar-refractivity contribution in [2.45, 2.75) is 112 Å². The van der Waals surface area contributed by atoms with Crippen LogP contribution in [0.2, 0.25) is 0 Å². The smallest absolute Gasteiger partial charge is 0.156 e. The zero-order valence-corrected chi connectivity index (χ0v) is 29.5. The SMILES string of the molecule is C=CCC.CC.CCCC1CCC2C3CCC4=CC(=O)CCC4=C3C(c3ccc(C#CCNNc4ccc(C)cc4)cc3)CC12C. The Morgan fingerprint density at radius 3 is 2.37 bits per heavy atom. The third kappa shape index (κ3) is 8.13. The molecule has 0 radical (unpaired) electrons. The van der Waals surface area contributed by atoms with E-state index in [0.29, 0.717) is 36.0 Å². The predicted octanol–water partition coefficient (Wildman–Crippen LogP) is 10.9. The highest BCUT2D eigenvalue weighted by Crippen LogP contribution is 2.66. The molecular formula is C43H58N2O. The van der Waals surface area contributed by atoms with Crippen LogP contribution in [0.5, 0.6) is 0 Å². The Bertz CT molecular complexity index is 1430. The number of rotatable bonds is 7. The normalized spacial score (nSPS) is 26.0. The van der Waals surface area contributed by atoms with Crippen molar-refractivity contribution in [1.82, 2.24) is 5.43 Å². The molecule has 46 heavy (non-hydrogen) atoms. The van der Waals surface area contributed by atoms with E-state index in [-0.39, 0.29) is 0 Å². The monoisotopic (exact) mass is 618 g/mol. The van der Waals surface area contributed by atoms with Crippen LogP contribution in [0.1, 0.15) is 121 Å². The number of aryl methyl sites for hydroxylation is 1. The van der Waals surface area contributed by atoms with E-state index in [1.165, 1.54) is 55.2 Å². The molecule has 0 bridgehead atoms. The molecule has 0 saturated heterocycles. The Morgan fingerprint density at radius 2 is 1.70 bits per heavy atom.